The molecule has 0 fully saturated rings. The number of benzene rings is 1. The Morgan fingerprint density at radius 2 is 1.96 bits per heavy atom. The second-order valence-electron chi connectivity index (χ2n) is 4.93. The molecule has 0 aliphatic rings. The van der Waals surface area contributed by atoms with Crippen molar-refractivity contribution in [1.29, 1.82) is 0 Å². The molecule has 0 saturated carbocycles. The monoisotopic (exact) mass is 396 g/mol. The van der Waals surface area contributed by atoms with Gasteiger partial charge in [-0.2, -0.15) is 0 Å². The molecule has 0 aliphatic heterocycles. The maximum absolute atomic E-state index is 12.3. The van der Waals surface area contributed by atoms with E-state index < -0.39 is 0 Å². The van der Waals surface area contributed by atoms with E-state index >= 15 is 0 Å². The minimum Gasteiger partial charge on any atom is -0.490 e. The number of carbonyl (C=O) groups is 1. The maximum atomic E-state index is 12.3. The number of nitrogens with one attached hydrogen (secondary N) is 1. The van der Waals surface area contributed by atoms with Crippen molar-refractivity contribution >= 4 is 38.9 Å². The molecule has 0 aliphatic carbocycles. The van der Waals surface area contributed by atoms with E-state index in [0.29, 0.717) is 22.9 Å². The lowest BCUT2D eigenvalue weighted by molar-refractivity contribution is 0.103. The van der Waals surface area contributed by atoms with Crippen molar-refractivity contribution in [3.05, 3.63) is 45.1 Å². The molecule has 0 saturated heterocycles. The molecule has 2 rings (SSSR count). The first-order valence-electron chi connectivity index (χ1n) is 7.65. The van der Waals surface area contributed by atoms with Crippen LogP contribution < -0.4 is 10.1 Å². The van der Waals surface area contributed by atoms with E-state index in [1.54, 1.807) is 6.07 Å². The van der Waals surface area contributed by atoms with Crippen molar-refractivity contribution < 1.29 is 9.53 Å². The molecule has 6 heteroatoms. The van der Waals surface area contributed by atoms with Crippen molar-refractivity contribution in [2.45, 2.75) is 13.8 Å². The van der Waals surface area contributed by atoms with Crippen LogP contribution in [0.4, 0.5) is 5.69 Å². The maximum Gasteiger partial charge on any atom is 0.265 e. The summed E-state index contributed by atoms with van der Waals surface area (Å²) < 4.78 is 6.79. The first kappa shape index (κ1) is 18.0. The minimum absolute atomic E-state index is 0.125. The second-order valence-corrected chi connectivity index (χ2v) is 7.39. The molecule has 1 amide bonds. The Morgan fingerprint density at radius 1 is 1.22 bits per heavy atom. The number of para-hydroxylation sites is 2. The summed E-state index contributed by atoms with van der Waals surface area (Å²) in [6.07, 6.45) is 0. The standard InChI is InChI=1S/C17H21BrN2O2S/c1-3-20(4-2)11-12-22-14-8-6-5-7-13(14)19-17(21)15-9-10-16(18)23-15/h5-10H,3-4,11-12H2,1-2H3,(H,19,21). The van der Waals surface area contributed by atoms with Crippen LogP contribution in [0.3, 0.4) is 0 Å². The third kappa shape index (κ3) is 5.34. The van der Waals surface area contributed by atoms with Crippen LogP contribution >= 0.6 is 27.3 Å². The first-order valence-corrected chi connectivity index (χ1v) is 9.25. The fraction of sp³-hybridized carbons (Fsp3) is 0.353. The number of nitrogens with zero attached hydrogens (tertiary/aromatic N) is 1. The SMILES string of the molecule is CCN(CC)CCOc1ccccc1NC(=O)c1ccc(Br)s1. The summed E-state index contributed by atoms with van der Waals surface area (Å²) in [6.45, 7) is 7.75. The number of hydrogen-bond acceptors (Lipinski definition) is 4. The molecule has 1 aromatic carbocycles. The number of thiophene rings is 1. The van der Waals surface area contributed by atoms with Crippen LogP contribution in [0.15, 0.2) is 40.2 Å². The van der Waals surface area contributed by atoms with E-state index in [9.17, 15) is 4.79 Å². The highest BCUT2D eigenvalue weighted by atomic mass is 79.9. The fourth-order valence-corrected chi connectivity index (χ4v) is 3.42. The summed E-state index contributed by atoms with van der Waals surface area (Å²) in [5.41, 5.74) is 0.696. The van der Waals surface area contributed by atoms with Crippen LogP contribution in [0.2, 0.25) is 0 Å². The van der Waals surface area contributed by atoms with Crippen LogP contribution in [0.25, 0.3) is 0 Å². The Hall–Kier alpha value is -1.37. The molecule has 1 aromatic heterocycles. The number of anilines is 1. The molecule has 0 unspecified atom stereocenters. The van der Waals surface area contributed by atoms with Crippen molar-refractivity contribution in [1.82, 2.24) is 4.90 Å². The van der Waals surface area contributed by atoms with E-state index in [-0.39, 0.29) is 5.91 Å². The molecule has 23 heavy (non-hydrogen) atoms. The Bertz CT molecular complexity index is 641. The minimum atomic E-state index is -0.125. The summed E-state index contributed by atoms with van der Waals surface area (Å²) in [7, 11) is 0. The van der Waals surface area contributed by atoms with Gasteiger partial charge in [0.2, 0.25) is 0 Å². The van der Waals surface area contributed by atoms with Crippen molar-refractivity contribution in [3.8, 4) is 5.75 Å². The lowest BCUT2D eigenvalue weighted by atomic mass is 10.3. The van der Waals surface area contributed by atoms with Crippen molar-refractivity contribution in [3.63, 3.8) is 0 Å². The van der Waals surface area contributed by atoms with Gasteiger partial charge in [0, 0.05) is 6.54 Å². The summed E-state index contributed by atoms with van der Waals surface area (Å²) in [4.78, 5) is 15.2. The third-order valence-electron chi connectivity index (χ3n) is 3.49. The molecular weight excluding hydrogens is 376 g/mol. The van der Waals surface area contributed by atoms with Gasteiger partial charge in [0.05, 0.1) is 14.4 Å². The quantitative estimate of drug-likeness (QED) is 0.714. The van der Waals surface area contributed by atoms with Crippen molar-refractivity contribution in [2.24, 2.45) is 0 Å². The Labute approximate surface area is 149 Å². The van der Waals surface area contributed by atoms with Crippen LogP contribution in [0.1, 0.15) is 23.5 Å². The summed E-state index contributed by atoms with van der Waals surface area (Å²) in [5.74, 6) is 0.573. The van der Waals surface area contributed by atoms with Gasteiger partial charge < -0.3 is 15.0 Å². The third-order valence-corrected chi connectivity index (χ3v) is 5.11. The van der Waals surface area contributed by atoms with Crippen molar-refractivity contribution in [2.75, 3.05) is 31.6 Å². The topological polar surface area (TPSA) is 41.6 Å². The molecular formula is C17H21BrN2O2S. The average molecular weight is 397 g/mol. The Kier molecular flexibility index (Phi) is 7.08. The zero-order valence-corrected chi connectivity index (χ0v) is 15.7. The van der Waals surface area contributed by atoms with Gasteiger partial charge in [-0.15, -0.1) is 11.3 Å². The summed E-state index contributed by atoms with van der Waals surface area (Å²) in [5, 5.41) is 2.92. The molecule has 0 radical (unpaired) electrons. The Balaban J connectivity index is 1.98. The molecule has 124 valence electrons. The highest BCUT2D eigenvalue weighted by Crippen LogP contribution is 2.27. The number of ether oxygens (including phenoxy) is 1. The summed E-state index contributed by atoms with van der Waals surface area (Å²) >= 11 is 4.78. The second kappa shape index (κ2) is 9.05. The highest BCUT2D eigenvalue weighted by Gasteiger charge is 2.12. The van der Waals surface area contributed by atoms with Gasteiger partial charge >= 0.3 is 0 Å². The molecule has 4 nitrogen and oxygen atoms in total. The molecule has 0 spiro atoms. The average Bonchev–Trinajstić information content (AvgIpc) is 3.00. The predicted octanol–water partition coefficient (Wildman–Crippen LogP) is 4.48. The number of carbonyl (C=O) groups excluding carboxylic acids is 1. The van der Waals surface area contributed by atoms with Gasteiger partial charge in [-0.25, -0.2) is 0 Å². The molecule has 1 N–H and O–H groups in total. The number of amides is 1. The van der Waals surface area contributed by atoms with E-state index in [1.807, 2.05) is 30.3 Å². The summed E-state index contributed by atoms with van der Waals surface area (Å²) in [6, 6.07) is 11.2. The van der Waals surface area contributed by atoms with Crippen LogP contribution in [-0.2, 0) is 0 Å². The fourth-order valence-electron chi connectivity index (χ4n) is 2.14. The number of halogens is 1. The smallest absolute Gasteiger partial charge is 0.265 e. The van der Waals surface area contributed by atoms with Crippen LogP contribution in [-0.4, -0.2) is 37.0 Å². The molecule has 0 atom stereocenters. The van der Waals surface area contributed by atoms with Gasteiger partial charge in [0.15, 0.2) is 0 Å². The van der Waals surface area contributed by atoms with Gasteiger partial charge in [0.1, 0.15) is 12.4 Å². The van der Waals surface area contributed by atoms with E-state index in [1.165, 1.54) is 11.3 Å². The zero-order valence-electron chi connectivity index (χ0n) is 13.3. The van der Waals surface area contributed by atoms with Gasteiger partial charge in [-0.05, 0) is 53.3 Å². The molecule has 1 heterocycles. The largest absolute Gasteiger partial charge is 0.490 e. The van der Waals surface area contributed by atoms with E-state index in [4.69, 9.17) is 4.74 Å². The van der Waals surface area contributed by atoms with E-state index in [2.05, 4.69) is 40.0 Å². The van der Waals surface area contributed by atoms with Gasteiger partial charge in [0.25, 0.3) is 5.91 Å². The number of hydrogen-bond donors (Lipinski definition) is 1. The lowest BCUT2D eigenvalue weighted by Gasteiger charge is -2.19. The normalized spacial score (nSPS) is 10.8. The molecule has 2 aromatic rings. The highest BCUT2D eigenvalue weighted by molar-refractivity contribution is 9.11. The van der Waals surface area contributed by atoms with Crippen LogP contribution in [0.5, 0.6) is 5.75 Å². The Morgan fingerprint density at radius 3 is 2.61 bits per heavy atom. The predicted molar refractivity (Wildman–Crippen MR) is 99.7 cm³/mol. The first-order chi connectivity index (χ1) is 11.1. The number of rotatable bonds is 8. The number of likely N-dealkylation sites (N-methyl/N-ethyl adjacent to an activating group) is 1. The lowest BCUT2D eigenvalue weighted by Crippen LogP contribution is -2.28. The van der Waals surface area contributed by atoms with Crippen LogP contribution in [0, 0.1) is 0 Å². The molecule has 0 bridgehead atoms. The van der Waals surface area contributed by atoms with Gasteiger partial charge in [-0.3, -0.25) is 4.79 Å². The van der Waals surface area contributed by atoms with Gasteiger partial charge in [-0.1, -0.05) is 26.0 Å². The zero-order chi connectivity index (χ0) is 16.7. The van der Waals surface area contributed by atoms with E-state index in [0.717, 1.165) is 23.4 Å².